The van der Waals surface area contributed by atoms with Gasteiger partial charge in [0.05, 0.1) is 16.8 Å². The summed E-state index contributed by atoms with van der Waals surface area (Å²) in [5.74, 6) is 1.27. The fourth-order valence-electron chi connectivity index (χ4n) is 2.63. The average Bonchev–Trinajstić information content (AvgIpc) is 3.17. The van der Waals surface area contributed by atoms with Gasteiger partial charge in [-0.05, 0) is 25.5 Å². The number of aromatic nitrogens is 3. The van der Waals surface area contributed by atoms with Crippen LogP contribution < -0.4 is 5.32 Å². The van der Waals surface area contributed by atoms with Gasteiger partial charge in [0.15, 0.2) is 11.0 Å². The average molecular weight is 358 g/mol. The molecule has 0 fully saturated rings. The van der Waals surface area contributed by atoms with Crippen molar-refractivity contribution >= 4 is 34.5 Å². The molecule has 2 heterocycles. The van der Waals surface area contributed by atoms with E-state index in [1.165, 1.54) is 24.6 Å². The summed E-state index contributed by atoms with van der Waals surface area (Å²) in [7, 11) is 0. The highest BCUT2D eigenvalue weighted by Gasteiger charge is 2.13. The minimum atomic E-state index is -0.120. The second kappa shape index (κ2) is 8.20. The second-order valence-corrected chi connectivity index (χ2v) is 6.84. The molecule has 0 saturated carbocycles. The van der Waals surface area contributed by atoms with Crippen molar-refractivity contribution in [1.82, 2.24) is 14.7 Å². The van der Waals surface area contributed by atoms with Gasteiger partial charge in [-0.3, -0.25) is 4.79 Å². The van der Waals surface area contributed by atoms with Gasteiger partial charge in [0.2, 0.25) is 5.91 Å². The molecule has 0 aliphatic rings. The lowest BCUT2D eigenvalue weighted by atomic mass is 10.2. The maximum absolute atomic E-state index is 12.1. The van der Waals surface area contributed by atoms with Crippen molar-refractivity contribution in [3.05, 3.63) is 36.1 Å². The Morgan fingerprint density at radius 1 is 1.32 bits per heavy atom. The first-order valence-corrected chi connectivity index (χ1v) is 9.47. The monoisotopic (exact) mass is 358 g/mol. The Bertz CT molecular complexity index is 856. The Hall–Kier alpha value is -2.28. The number of unbranched alkanes of at least 4 members (excludes halogenated alkanes) is 2. The van der Waals surface area contributed by atoms with E-state index in [-0.39, 0.29) is 11.7 Å². The minimum absolute atomic E-state index is 0.120. The third-order valence-electron chi connectivity index (χ3n) is 3.83. The molecular formula is C18H22N4O2S. The Morgan fingerprint density at radius 3 is 2.92 bits per heavy atom. The van der Waals surface area contributed by atoms with E-state index < -0.39 is 0 Å². The number of fused-ring (bicyclic) bond motifs is 1. The highest BCUT2D eigenvalue weighted by Crippen LogP contribution is 2.25. The summed E-state index contributed by atoms with van der Waals surface area (Å²) in [5.41, 5.74) is 2.09. The predicted octanol–water partition coefficient (Wildman–Crippen LogP) is 4.25. The number of nitrogens with one attached hydrogen (secondary N) is 1. The largest absolute Gasteiger partial charge is 0.360 e. The van der Waals surface area contributed by atoms with E-state index in [0.29, 0.717) is 11.6 Å². The second-order valence-electron chi connectivity index (χ2n) is 5.90. The summed E-state index contributed by atoms with van der Waals surface area (Å²) in [6.07, 6.45) is 3.46. The summed E-state index contributed by atoms with van der Waals surface area (Å²) in [6.45, 7) is 4.90. The van der Waals surface area contributed by atoms with Gasteiger partial charge in [-0.2, -0.15) is 0 Å². The normalized spacial score (nSPS) is 11.1. The van der Waals surface area contributed by atoms with Crippen LogP contribution in [0.25, 0.3) is 11.0 Å². The summed E-state index contributed by atoms with van der Waals surface area (Å²) >= 11 is 1.45. The number of hydrogen-bond donors (Lipinski definition) is 1. The number of amides is 1. The number of hydrogen-bond acceptors (Lipinski definition) is 5. The van der Waals surface area contributed by atoms with Crippen LogP contribution in [0.1, 0.15) is 31.9 Å². The molecule has 7 heteroatoms. The summed E-state index contributed by atoms with van der Waals surface area (Å²) in [4.78, 5) is 16.8. The van der Waals surface area contributed by atoms with Crippen LogP contribution in [0.5, 0.6) is 0 Å². The Kier molecular flexibility index (Phi) is 5.75. The molecule has 132 valence electrons. The number of anilines is 1. The lowest BCUT2D eigenvalue weighted by Crippen LogP contribution is -2.14. The Labute approximate surface area is 151 Å². The number of carbonyl (C=O) groups is 1. The summed E-state index contributed by atoms with van der Waals surface area (Å²) in [5, 5.41) is 7.39. The maximum atomic E-state index is 12.1. The van der Waals surface area contributed by atoms with Gasteiger partial charge in [-0.1, -0.05) is 48.8 Å². The first-order valence-electron chi connectivity index (χ1n) is 8.48. The quantitative estimate of drug-likeness (QED) is 0.481. The van der Waals surface area contributed by atoms with Crippen LogP contribution in [-0.2, 0) is 11.3 Å². The van der Waals surface area contributed by atoms with Crippen molar-refractivity contribution in [2.45, 2.75) is 44.8 Å². The Morgan fingerprint density at radius 2 is 2.16 bits per heavy atom. The molecule has 0 atom stereocenters. The van der Waals surface area contributed by atoms with E-state index in [9.17, 15) is 4.79 Å². The van der Waals surface area contributed by atoms with Gasteiger partial charge in [-0.15, -0.1) is 0 Å². The topological polar surface area (TPSA) is 73.0 Å². The molecule has 0 aliphatic carbocycles. The first-order chi connectivity index (χ1) is 12.2. The van der Waals surface area contributed by atoms with Crippen LogP contribution >= 0.6 is 11.8 Å². The van der Waals surface area contributed by atoms with Crippen LogP contribution in [0.2, 0.25) is 0 Å². The van der Waals surface area contributed by atoms with Gasteiger partial charge in [-0.25, -0.2) is 4.98 Å². The predicted molar refractivity (Wildman–Crippen MR) is 99.9 cm³/mol. The molecule has 1 amide bonds. The Balaban J connectivity index is 1.69. The molecule has 1 N–H and O–H groups in total. The number of carbonyl (C=O) groups excluding carboxylic acids is 1. The molecule has 0 saturated heterocycles. The highest BCUT2D eigenvalue weighted by molar-refractivity contribution is 7.99. The molecule has 2 aromatic heterocycles. The van der Waals surface area contributed by atoms with Gasteiger partial charge in [0.1, 0.15) is 5.76 Å². The van der Waals surface area contributed by atoms with Gasteiger partial charge in [0, 0.05) is 12.6 Å². The number of aryl methyl sites for hydroxylation is 2. The highest BCUT2D eigenvalue weighted by atomic mass is 32.2. The number of benzene rings is 1. The van der Waals surface area contributed by atoms with E-state index in [1.807, 2.05) is 18.2 Å². The van der Waals surface area contributed by atoms with E-state index in [4.69, 9.17) is 4.52 Å². The summed E-state index contributed by atoms with van der Waals surface area (Å²) in [6, 6.07) is 9.79. The SMILES string of the molecule is CCCCCn1c(SCC(=O)Nc2cc(C)on2)nc2ccccc21. The zero-order chi connectivity index (χ0) is 17.6. The molecule has 3 rings (SSSR count). The smallest absolute Gasteiger partial charge is 0.236 e. The molecule has 25 heavy (non-hydrogen) atoms. The van der Waals surface area contributed by atoms with Crippen LogP contribution in [0.3, 0.4) is 0 Å². The van der Waals surface area contributed by atoms with Crippen LogP contribution in [0.4, 0.5) is 5.82 Å². The van der Waals surface area contributed by atoms with Gasteiger partial charge >= 0.3 is 0 Å². The maximum Gasteiger partial charge on any atom is 0.236 e. The summed E-state index contributed by atoms with van der Waals surface area (Å²) < 4.78 is 7.17. The fraction of sp³-hybridized carbons (Fsp3) is 0.389. The third-order valence-corrected chi connectivity index (χ3v) is 4.81. The molecule has 0 spiro atoms. The number of imidazole rings is 1. The molecule has 1 aromatic carbocycles. The van der Waals surface area contributed by atoms with Crippen molar-refractivity contribution in [1.29, 1.82) is 0 Å². The van der Waals surface area contributed by atoms with Crippen molar-refractivity contribution in [3.8, 4) is 0 Å². The lowest BCUT2D eigenvalue weighted by molar-refractivity contribution is -0.113. The van der Waals surface area contributed by atoms with Crippen LogP contribution in [0, 0.1) is 6.92 Å². The lowest BCUT2D eigenvalue weighted by Gasteiger charge is -2.08. The number of nitrogens with zero attached hydrogens (tertiary/aromatic N) is 3. The molecule has 0 bridgehead atoms. The minimum Gasteiger partial charge on any atom is -0.360 e. The fourth-order valence-corrected chi connectivity index (χ4v) is 3.47. The zero-order valence-corrected chi connectivity index (χ0v) is 15.3. The molecule has 0 aliphatic heterocycles. The van der Waals surface area contributed by atoms with Gasteiger partial charge in [0.25, 0.3) is 0 Å². The number of thioether (sulfide) groups is 1. The zero-order valence-electron chi connectivity index (χ0n) is 14.5. The van der Waals surface area contributed by atoms with Crippen LogP contribution in [0.15, 0.2) is 40.0 Å². The molecular weight excluding hydrogens is 336 g/mol. The van der Waals surface area contributed by atoms with E-state index >= 15 is 0 Å². The number of para-hydroxylation sites is 2. The third kappa shape index (κ3) is 4.42. The molecule has 0 unspecified atom stereocenters. The van der Waals surface area contributed by atoms with Crippen molar-refractivity contribution in [3.63, 3.8) is 0 Å². The van der Waals surface area contributed by atoms with E-state index in [2.05, 4.69) is 33.0 Å². The van der Waals surface area contributed by atoms with Crippen molar-refractivity contribution < 1.29 is 9.32 Å². The van der Waals surface area contributed by atoms with Crippen molar-refractivity contribution in [2.24, 2.45) is 0 Å². The number of rotatable bonds is 8. The first kappa shape index (κ1) is 17.5. The molecule has 0 radical (unpaired) electrons. The standard InChI is InChI=1S/C18H22N4O2S/c1-3-4-7-10-22-15-9-6-5-8-14(15)19-18(22)25-12-17(23)20-16-11-13(2)24-21-16/h5-6,8-9,11H,3-4,7,10,12H2,1-2H3,(H,20,21,23). The van der Waals surface area contributed by atoms with Crippen LogP contribution in [-0.4, -0.2) is 26.4 Å². The van der Waals surface area contributed by atoms with Crippen molar-refractivity contribution in [2.75, 3.05) is 11.1 Å². The van der Waals surface area contributed by atoms with E-state index in [0.717, 1.165) is 29.2 Å². The van der Waals surface area contributed by atoms with Gasteiger partial charge < -0.3 is 14.4 Å². The molecule has 6 nitrogen and oxygen atoms in total. The molecule has 3 aromatic rings. The van der Waals surface area contributed by atoms with E-state index in [1.54, 1.807) is 13.0 Å².